The minimum absolute atomic E-state index is 0.0161. The Kier molecular flexibility index (Phi) is 6.60. The second kappa shape index (κ2) is 9.15. The summed E-state index contributed by atoms with van der Waals surface area (Å²) in [5.41, 5.74) is 1.92. The molecular formula is C20H21FN2O5S. The molecule has 0 aromatic heterocycles. The standard InChI is InChI=1S/C20H21FN2O5S/c21-16-7-9-17(10-8-16)29(26,27)22-12-3-6-20(25)28-14-19(24)23-13-11-15-4-1-2-5-18(15)23/h1-2,4-5,7-10,22H,3,6,11-14H2. The van der Waals surface area contributed by atoms with E-state index in [-0.39, 0.29) is 36.8 Å². The Morgan fingerprint density at radius 2 is 1.83 bits per heavy atom. The van der Waals surface area contributed by atoms with Gasteiger partial charge < -0.3 is 9.64 Å². The number of para-hydroxylation sites is 1. The van der Waals surface area contributed by atoms with Gasteiger partial charge >= 0.3 is 5.97 Å². The van der Waals surface area contributed by atoms with Gasteiger partial charge in [0.05, 0.1) is 4.90 Å². The minimum atomic E-state index is -3.77. The van der Waals surface area contributed by atoms with Crippen LogP contribution in [0.15, 0.2) is 53.4 Å². The van der Waals surface area contributed by atoms with E-state index in [9.17, 15) is 22.4 Å². The number of nitrogens with one attached hydrogen (secondary N) is 1. The molecule has 1 amide bonds. The van der Waals surface area contributed by atoms with Gasteiger partial charge in [-0.25, -0.2) is 17.5 Å². The van der Waals surface area contributed by atoms with Crippen LogP contribution in [0.5, 0.6) is 0 Å². The van der Waals surface area contributed by atoms with E-state index in [0.29, 0.717) is 6.54 Å². The molecule has 9 heteroatoms. The van der Waals surface area contributed by atoms with Crippen molar-refractivity contribution in [2.75, 3.05) is 24.6 Å². The summed E-state index contributed by atoms with van der Waals surface area (Å²) in [6, 6.07) is 12.0. The lowest BCUT2D eigenvalue weighted by molar-refractivity contribution is -0.147. The molecule has 154 valence electrons. The largest absolute Gasteiger partial charge is 0.456 e. The molecule has 0 bridgehead atoms. The topological polar surface area (TPSA) is 92.8 Å². The molecule has 7 nitrogen and oxygen atoms in total. The molecule has 1 aliphatic heterocycles. The molecule has 2 aromatic rings. The number of carbonyl (C=O) groups is 2. The average molecular weight is 420 g/mol. The van der Waals surface area contributed by atoms with Crippen LogP contribution in [0.1, 0.15) is 18.4 Å². The van der Waals surface area contributed by atoms with E-state index in [4.69, 9.17) is 4.74 Å². The monoisotopic (exact) mass is 420 g/mol. The Morgan fingerprint density at radius 1 is 1.10 bits per heavy atom. The van der Waals surface area contributed by atoms with Crippen molar-refractivity contribution in [2.24, 2.45) is 0 Å². The number of anilines is 1. The number of hydrogen-bond donors (Lipinski definition) is 1. The van der Waals surface area contributed by atoms with Gasteiger partial charge in [-0.1, -0.05) is 18.2 Å². The molecule has 29 heavy (non-hydrogen) atoms. The molecule has 2 aromatic carbocycles. The fourth-order valence-corrected chi connectivity index (χ4v) is 4.10. The predicted molar refractivity (Wildman–Crippen MR) is 104 cm³/mol. The van der Waals surface area contributed by atoms with Crippen LogP contribution in [-0.2, 0) is 30.8 Å². The summed E-state index contributed by atoms with van der Waals surface area (Å²) in [5.74, 6) is -1.40. The Hall–Kier alpha value is -2.78. The first-order chi connectivity index (χ1) is 13.9. The van der Waals surface area contributed by atoms with Crippen molar-refractivity contribution in [2.45, 2.75) is 24.2 Å². The highest BCUT2D eigenvalue weighted by Crippen LogP contribution is 2.27. The molecule has 0 saturated heterocycles. The van der Waals surface area contributed by atoms with E-state index >= 15 is 0 Å². The molecular weight excluding hydrogens is 399 g/mol. The van der Waals surface area contributed by atoms with E-state index in [2.05, 4.69) is 4.72 Å². The molecule has 3 rings (SSSR count). The lowest BCUT2D eigenvalue weighted by atomic mass is 10.2. The summed E-state index contributed by atoms with van der Waals surface area (Å²) < 4.78 is 44.3. The molecule has 0 aliphatic carbocycles. The highest BCUT2D eigenvalue weighted by molar-refractivity contribution is 7.89. The van der Waals surface area contributed by atoms with Gasteiger partial charge in [-0.05, 0) is 48.7 Å². The zero-order valence-electron chi connectivity index (χ0n) is 15.6. The lowest BCUT2D eigenvalue weighted by Gasteiger charge is -2.17. The van der Waals surface area contributed by atoms with Crippen LogP contribution in [0.4, 0.5) is 10.1 Å². The Labute approximate surface area is 168 Å². The number of nitrogens with zero attached hydrogens (tertiary/aromatic N) is 1. The van der Waals surface area contributed by atoms with Crippen molar-refractivity contribution in [1.82, 2.24) is 4.72 Å². The SMILES string of the molecule is O=C(CCCNS(=O)(=O)c1ccc(F)cc1)OCC(=O)N1CCc2ccccc21. The van der Waals surface area contributed by atoms with Gasteiger partial charge in [-0.2, -0.15) is 0 Å². The number of amides is 1. The first-order valence-corrected chi connectivity index (χ1v) is 10.6. The van der Waals surface area contributed by atoms with Crippen LogP contribution in [0.25, 0.3) is 0 Å². The summed E-state index contributed by atoms with van der Waals surface area (Å²) in [4.78, 5) is 25.7. The first-order valence-electron chi connectivity index (χ1n) is 9.16. The summed E-state index contributed by atoms with van der Waals surface area (Å²) in [6.07, 6.45) is 0.944. The van der Waals surface area contributed by atoms with Gasteiger partial charge in [-0.3, -0.25) is 9.59 Å². The summed E-state index contributed by atoms with van der Waals surface area (Å²) in [7, 11) is -3.77. The third kappa shape index (κ3) is 5.39. The fraction of sp³-hybridized carbons (Fsp3) is 0.300. The Bertz CT molecular complexity index is 992. The van der Waals surface area contributed by atoms with Gasteiger partial charge in [0.2, 0.25) is 10.0 Å². The molecule has 0 spiro atoms. The van der Waals surface area contributed by atoms with Crippen LogP contribution in [0.3, 0.4) is 0 Å². The number of fused-ring (bicyclic) bond motifs is 1. The van der Waals surface area contributed by atoms with E-state index < -0.39 is 21.8 Å². The number of sulfonamides is 1. The van der Waals surface area contributed by atoms with E-state index in [1.807, 2.05) is 24.3 Å². The lowest BCUT2D eigenvalue weighted by Crippen LogP contribution is -2.33. The van der Waals surface area contributed by atoms with Crippen molar-refractivity contribution in [3.8, 4) is 0 Å². The van der Waals surface area contributed by atoms with Crippen molar-refractivity contribution in [1.29, 1.82) is 0 Å². The summed E-state index contributed by atoms with van der Waals surface area (Å²) >= 11 is 0. The predicted octanol–water partition coefficient (Wildman–Crippen LogP) is 2.02. The molecule has 1 heterocycles. The second-order valence-electron chi connectivity index (χ2n) is 6.54. The van der Waals surface area contributed by atoms with E-state index in [0.717, 1.165) is 41.9 Å². The van der Waals surface area contributed by atoms with Crippen LogP contribution in [0, 0.1) is 5.82 Å². The van der Waals surface area contributed by atoms with Gasteiger partial charge in [0, 0.05) is 25.2 Å². The maximum atomic E-state index is 12.9. The number of halogens is 1. The molecule has 0 atom stereocenters. The van der Waals surface area contributed by atoms with Crippen LogP contribution >= 0.6 is 0 Å². The molecule has 1 aliphatic rings. The quantitative estimate of drug-likeness (QED) is 0.521. The van der Waals surface area contributed by atoms with Crippen molar-refractivity contribution >= 4 is 27.6 Å². The van der Waals surface area contributed by atoms with Crippen LogP contribution in [0.2, 0.25) is 0 Å². The van der Waals surface area contributed by atoms with Gasteiger partial charge in [0.25, 0.3) is 5.91 Å². The molecule has 0 saturated carbocycles. The van der Waals surface area contributed by atoms with Crippen molar-refractivity contribution < 1.29 is 27.1 Å². The molecule has 1 N–H and O–H groups in total. The van der Waals surface area contributed by atoms with Crippen LogP contribution in [-0.4, -0.2) is 40.0 Å². The molecule has 0 unspecified atom stereocenters. The molecule has 0 fully saturated rings. The third-order valence-electron chi connectivity index (χ3n) is 4.52. The highest BCUT2D eigenvalue weighted by atomic mass is 32.2. The smallest absolute Gasteiger partial charge is 0.306 e. The van der Waals surface area contributed by atoms with Crippen molar-refractivity contribution in [3.63, 3.8) is 0 Å². The molecule has 0 radical (unpaired) electrons. The second-order valence-corrected chi connectivity index (χ2v) is 8.31. The summed E-state index contributed by atoms with van der Waals surface area (Å²) in [5, 5.41) is 0. The Balaban J connectivity index is 1.38. The van der Waals surface area contributed by atoms with Gasteiger partial charge in [0.1, 0.15) is 5.82 Å². The zero-order chi connectivity index (χ0) is 20.9. The normalized spacial score (nSPS) is 13.2. The minimum Gasteiger partial charge on any atom is -0.456 e. The number of hydrogen-bond acceptors (Lipinski definition) is 5. The van der Waals surface area contributed by atoms with Gasteiger partial charge in [0.15, 0.2) is 6.61 Å². The van der Waals surface area contributed by atoms with Crippen LogP contribution < -0.4 is 9.62 Å². The number of carbonyl (C=O) groups excluding carboxylic acids is 2. The average Bonchev–Trinajstić information content (AvgIpc) is 3.14. The van der Waals surface area contributed by atoms with Gasteiger partial charge in [-0.15, -0.1) is 0 Å². The number of ether oxygens (including phenoxy) is 1. The first kappa shape index (κ1) is 20.9. The highest BCUT2D eigenvalue weighted by Gasteiger charge is 2.24. The summed E-state index contributed by atoms with van der Waals surface area (Å²) in [6.45, 7) is 0.220. The van der Waals surface area contributed by atoms with E-state index in [1.165, 1.54) is 0 Å². The van der Waals surface area contributed by atoms with Crippen molar-refractivity contribution in [3.05, 3.63) is 59.9 Å². The Morgan fingerprint density at radius 3 is 2.59 bits per heavy atom. The number of rotatable bonds is 8. The maximum Gasteiger partial charge on any atom is 0.306 e. The maximum absolute atomic E-state index is 12.9. The zero-order valence-corrected chi connectivity index (χ0v) is 16.5. The number of esters is 1. The third-order valence-corrected chi connectivity index (χ3v) is 6.00. The van der Waals surface area contributed by atoms with E-state index in [1.54, 1.807) is 4.90 Å². The number of benzene rings is 2. The fourth-order valence-electron chi connectivity index (χ4n) is 3.03.